The maximum atomic E-state index is 11.8. The van der Waals surface area contributed by atoms with Crippen molar-refractivity contribution in [3.05, 3.63) is 29.3 Å². The lowest BCUT2D eigenvalue weighted by atomic mass is 10.1. The summed E-state index contributed by atoms with van der Waals surface area (Å²) in [7, 11) is 1.67. The molecule has 0 bridgehead atoms. The maximum absolute atomic E-state index is 11.8. The molecule has 1 amide bonds. The summed E-state index contributed by atoms with van der Waals surface area (Å²) >= 11 is 0. The summed E-state index contributed by atoms with van der Waals surface area (Å²) in [5, 5.41) is 2.97. The van der Waals surface area contributed by atoms with Crippen LogP contribution in [-0.2, 0) is 16.0 Å². The highest BCUT2D eigenvalue weighted by Crippen LogP contribution is 2.20. The minimum atomic E-state index is 0.0272. The van der Waals surface area contributed by atoms with Gasteiger partial charge in [0, 0.05) is 13.2 Å². The van der Waals surface area contributed by atoms with Crippen molar-refractivity contribution < 1.29 is 14.3 Å². The summed E-state index contributed by atoms with van der Waals surface area (Å²) < 4.78 is 10.5. The third-order valence-corrected chi connectivity index (χ3v) is 3.43. The third-order valence-electron chi connectivity index (χ3n) is 3.43. The monoisotopic (exact) mass is 263 g/mol. The van der Waals surface area contributed by atoms with Gasteiger partial charge in [0.25, 0.3) is 0 Å². The van der Waals surface area contributed by atoms with Crippen LogP contribution in [0.3, 0.4) is 0 Å². The lowest BCUT2D eigenvalue weighted by molar-refractivity contribution is -0.124. The highest BCUT2D eigenvalue weighted by atomic mass is 16.5. The summed E-state index contributed by atoms with van der Waals surface area (Å²) in [6.07, 6.45) is 1.61. The Morgan fingerprint density at radius 1 is 1.53 bits per heavy atom. The van der Waals surface area contributed by atoms with Gasteiger partial charge in [-0.15, -0.1) is 0 Å². The molecule has 104 valence electrons. The molecule has 0 saturated carbocycles. The van der Waals surface area contributed by atoms with Gasteiger partial charge in [-0.2, -0.15) is 0 Å². The number of carbonyl (C=O) groups excluding carboxylic acids is 1. The Hall–Kier alpha value is -1.55. The zero-order valence-corrected chi connectivity index (χ0v) is 11.6. The van der Waals surface area contributed by atoms with Crippen LogP contribution in [0.2, 0.25) is 0 Å². The maximum Gasteiger partial charge on any atom is 0.225 e. The van der Waals surface area contributed by atoms with E-state index >= 15 is 0 Å². The van der Waals surface area contributed by atoms with E-state index in [1.807, 2.05) is 12.1 Å². The highest BCUT2D eigenvalue weighted by molar-refractivity contribution is 5.78. The molecule has 1 aromatic rings. The van der Waals surface area contributed by atoms with Crippen LogP contribution < -0.4 is 10.1 Å². The molecule has 1 atom stereocenters. The molecule has 0 spiro atoms. The predicted molar refractivity (Wildman–Crippen MR) is 73.4 cm³/mol. The van der Waals surface area contributed by atoms with Crippen LogP contribution in [0.15, 0.2) is 18.2 Å². The minimum Gasteiger partial charge on any atom is -0.496 e. The summed E-state index contributed by atoms with van der Waals surface area (Å²) in [6, 6.07) is 6.09. The molecule has 1 aromatic carbocycles. The van der Waals surface area contributed by atoms with Gasteiger partial charge in [-0.1, -0.05) is 17.7 Å². The molecule has 0 radical (unpaired) electrons. The number of carbonyl (C=O) groups is 1. The van der Waals surface area contributed by atoms with Crippen molar-refractivity contribution >= 4 is 5.91 Å². The number of methoxy groups -OCH3 is 1. The zero-order chi connectivity index (χ0) is 13.7. The lowest BCUT2D eigenvalue weighted by Crippen LogP contribution is -2.32. The number of amides is 1. The van der Waals surface area contributed by atoms with Crippen LogP contribution in [0, 0.1) is 12.8 Å². The predicted octanol–water partition coefficient (Wildman–Crippen LogP) is 1.70. The molecule has 4 nitrogen and oxygen atoms in total. The lowest BCUT2D eigenvalue weighted by Gasteiger charge is -2.12. The highest BCUT2D eigenvalue weighted by Gasteiger charge is 2.22. The van der Waals surface area contributed by atoms with Gasteiger partial charge in [0.2, 0.25) is 5.91 Å². The van der Waals surface area contributed by atoms with Crippen molar-refractivity contribution in [3.8, 4) is 5.75 Å². The molecular formula is C15H21NO3. The van der Waals surface area contributed by atoms with Crippen LogP contribution >= 0.6 is 0 Å². The molecule has 2 rings (SSSR count). The molecule has 1 heterocycles. The molecule has 19 heavy (non-hydrogen) atoms. The molecular weight excluding hydrogens is 242 g/mol. The largest absolute Gasteiger partial charge is 0.496 e. The first-order valence-electron chi connectivity index (χ1n) is 6.69. The second-order valence-electron chi connectivity index (χ2n) is 4.92. The van der Waals surface area contributed by atoms with E-state index < -0.39 is 0 Å². The SMILES string of the molecule is COc1ccc(C)cc1CCNC(=O)C1CCOC1. The van der Waals surface area contributed by atoms with Gasteiger partial charge in [-0.25, -0.2) is 0 Å². The van der Waals surface area contributed by atoms with Crippen molar-refractivity contribution in [1.29, 1.82) is 0 Å². The van der Waals surface area contributed by atoms with Crippen molar-refractivity contribution in [2.24, 2.45) is 5.92 Å². The molecule has 4 heteroatoms. The van der Waals surface area contributed by atoms with Crippen LogP contribution in [0.25, 0.3) is 0 Å². The average molecular weight is 263 g/mol. The van der Waals surface area contributed by atoms with E-state index in [1.165, 1.54) is 5.56 Å². The summed E-state index contributed by atoms with van der Waals surface area (Å²) in [4.78, 5) is 11.8. The summed E-state index contributed by atoms with van der Waals surface area (Å²) in [5.74, 6) is 1.01. The van der Waals surface area contributed by atoms with Gasteiger partial charge in [-0.05, 0) is 31.4 Å². The van der Waals surface area contributed by atoms with E-state index in [1.54, 1.807) is 7.11 Å². The first-order chi connectivity index (χ1) is 9.20. The normalized spacial score (nSPS) is 18.3. The number of aryl methyl sites for hydroxylation is 1. The van der Waals surface area contributed by atoms with E-state index in [0.29, 0.717) is 19.8 Å². The fraction of sp³-hybridized carbons (Fsp3) is 0.533. The van der Waals surface area contributed by atoms with E-state index in [0.717, 1.165) is 24.2 Å². The third kappa shape index (κ3) is 3.70. The fourth-order valence-corrected chi connectivity index (χ4v) is 2.31. The van der Waals surface area contributed by atoms with Crippen molar-refractivity contribution in [1.82, 2.24) is 5.32 Å². The standard InChI is InChI=1S/C15H21NO3/c1-11-3-4-14(18-2)12(9-11)5-7-16-15(17)13-6-8-19-10-13/h3-4,9,13H,5-8,10H2,1-2H3,(H,16,17). The van der Waals surface area contributed by atoms with Crippen LogP contribution in [0.5, 0.6) is 5.75 Å². The molecule has 1 aliphatic rings. The fourth-order valence-electron chi connectivity index (χ4n) is 2.31. The summed E-state index contributed by atoms with van der Waals surface area (Å²) in [6.45, 7) is 3.94. The number of rotatable bonds is 5. The zero-order valence-electron chi connectivity index (χ0n) is 11.6. The Morgan fingerprint density at radius 3 is 3.05 bits per heavy atom. The van der Waals surface area contributed by atoms with Gasteiger partial charge < -0.3 is 14.8 Å². The van der Waals surface area contributed by atoms with Crippen molar-refractivity contribution in [3.63, 3.8) is 0 Å². The van der Waals surface area contributed by atoms with Crippen LogP contribution in [-0.4, -0.2) is 32.8 Å². The van der Waals surface area contributed by atoms with Gasteiger partial charge in [0.05, 0.1) is 19.6 Å². The van der Waals surface area contributed by atoms with Gasteiger partial charge >= 0.3 is 0 Å². The van der Waals surface area contributed by atoms with Gasteiger partial charge in [0.15, 0.2) is 0 Å². The molecule has 1 fully saturated rings. The second kappa shape index (κ2) is 6.57. The Balaban J connectivity index is 1.84. The first-order valence-corrected chi connectivity index (χ1v) is 6.69. The van der Waals surface area contributed by atoms with Crippen LogP contribution in [0.1, 0.15) is 17.5 Å². The number of nitrogens with one attached hydrogen (secondary N) is 1. The topological polar surface area (TPSA) is 47.6 Å². The van der Waals surface area contributed by atoms with E-state index in [-0.39, 0.29) is 11.8 Å². The molecule has 0 aromatic heterocycles. The Bertz CT molecular complexity index is 439. The van der Waals surface area contributed by atoms with Crippen LogP contribution in [0.4, 0.5) is 0 Å². The molecule has 1 N–H and O–H groups in total. The number of ether oxygens (including phenoxy) is 2. The van der Waals surface area contributed by atoms with E-state index in [2.05, 4.69) is 18.3 Å². The molecule has 1 saturated heterocycles. The van der Waals surface area contributed by atoms with Crippen molar-refractivity contribution in [2.45, 2.75) is 19.8 Å². The average Bonchev–Trinajstić information content (AvgIpc) is 2.93. The molecule has 0 aliphatic carbocycles. The Morgan fingerprint density at radius 2 is 2.37 bits per heavy atom. The quantitative estimate of drug-likeness (QED) is 0.879. The van der Waals surface area contributed by atoms with Gasteiger partial charge in [0.1, 0.15) is 5.75 Å². The molecule has 1 aliphatic heterocycles. The summed E-state index contributed by atoms with van der Waals surface area (Å²) in [5.41, 5.74) is 2.33. The van der Waals surface area contributed by atoms with E-state index in [9.17, 15) is 4.79 Å². The number of hydrogen-bond donors (Lipinski definition) is 1. The number of benzene rings is 1. The smallest absolute Gasteiger partial charge is 0.225 e. The Labute approximate surface area is 114 Å². The second-order valence-corrected chi connectivity index (χ2v) is 4.92. The minimum absolute atomic E-state index is 0.0272. The molecule has 1 unspecified atom stereocenters. The Kier molecular flexibility index (Phi) is 4.80. The van der Waals surface area contributed by atoms with Crippen molar-refractivity contribution in [2.75, 3.05) is 26.9 Å². The van der Waals surface area contributed by atoms with Gasteiger partial charge in [-0.3, -0.25) is 4.79 Å². The first kappa shape index (κ1) is 13.9. The number of hydrogen-bond acceptors (Lipinski definition) is 3. The van der Waals surface area contributed by atoms with E-state index in [4.69, 9.17) is 9.47 Å².